The van der Waals surface area contributed by atoms with Gasteiger partial charge in [-0.2, -0.15) is 0 Å². The first-order valence-electron chi connectivity index (χ1n) is 7.34. The number of nitrogens with one attached hydrogen (secondary N) is 1. The first-order valence-corrected chi connectivity index (χ1v) is 7.34. The van der Waals surface area contributed by atoms with Crippen LogP contribution in [-0.2, 0) is 4.79 Å². The Kier molecular flexibility index (Phi) is 3.56. The Morgan fingerprint density at radius 1 is 1.21 bits per heavy atom. The third-order valence-corrected chi connectivity index (χ3v) is 4.48. The van der Waals surface area contributed by atoms with Crippen molar-refractivity contribution in [3.8, 4) is 0 Å². The third kappa shape index (κ3) is 2.52. The molecule has 2 fully saturated rings. The van der Waals surface area contributed by atoms with E-state index in [0.717, 1.165) is 17.9 Å². The fraction of sp³-hybridized carbons (Fsp3) is 0.562. The van der Waals surface area contributed by atoms with Crippen molar-refractivity contribution in [1.29, 1.82) is 0 Å². The molecule has 1 N–H and O–H groups in total. The molecule has 1 amide bonds. The number of hydrogen-bond acceptors (Lipinski definition) is 2. The van der Waals surface area contributed by atoms with Crippen LogP contribution in [0.25, 0.3) is 0 Å². The third-order valence-electron chi connectivity index (χ3n) is 4.48. The molecule has 3 rings (SSSR count). The Bertz CT molecular complexity index is 445. The molecule has 1 heterocycles. The second kappa shape index (κ2) is 5.33. The lowest BCUT2D eigenvalue weighted by molar-refractivity contribution is -0.131. The zero-order valence-electron chi connectivity index (χ0n) is 11.5. The molecule has 3 unspecified atom stereocenters. The van der Waals surface area contributed by atoms with Crippen molar-refractivity contribution in [1.82, 2.24) is 10.2 Å². The van der Waals surface area contributed by atoms with E-state index in [0.29, 0.717) is 12.7 Å². The van der Waals surface area contributed by atoms with E-state index in [1.165, 1.54) is 19.3 Å². The number of rotatable bonds is 2. The molecule has 0 aromatic heterocycles. The number of carbonyl (C=O) groups is 1. The van der Waals surface area contributed by atoms with Gasteiger partial charge in [-0.3, -0.25) is 10.1 Å². The fourth-order valence-electron chi connectivity index (χ4n) is 3.42. The van der Waals surface area contributed by atoms with Gasteiger partial charge >= 0.3 is 0 Å². The molecule has 1 saturated heterocycles. The maximum Gasteiger partial charge on any atom is 0.245 e. The van der Waals surface area contributed by atoms with Crippen molar-refractivity contribution in [2.24, 2.45) is 5.92 Å². The number of benzene rings is 1. The van der Waals surface area contributed by atoms with Gasteiger partial charge in [0.25, 0.3) is 0 Å². The van der Waals surface area contributed by atoms with E-state index in [2.05, 4.69) is 17.1 Å². The van der Waals surface area contributed by atoms with E-state index in [1.807, 2.05) is 30.3 Å². The van der Waals surface area contributed by atoms with Crippen molar-refractivity contribution in [2.75, 3.05) is 6.67 Å². The highest BCUT2D eigenvalue weighted by Crippen LogP contribution is 2.31. The summed E-state index contributed by atoms with van der Waals surface area (Å²) < 4.78 is 0. The van der Waals surface area contributed by atoms with Gasteiger partial charge < -0.3 is 4.90 Å². The van der Waals surface area contributed by atoms with Crippen LogP contribution in [0.15, 0.2) is 30.3 Å². The van der Waals surface area contributed by atoms with Gasteiger partial charge in [-0.15, -0.1) is 0 Å². The van der Waals surface area contributed by atoms with Crippen LogP contribution in [0.1, 0.15) is 44.2 Å². The molecule has 2 aliphatic rings. The van der Waals surface area contributed by atoms with Crippen LogP contribution in [0.5, 0.6) is 0 Å². The topological polar surface area (TPSA) is 32.3 Å². The van der Waals surface area contributed by atoms with Gasteiger partial charge in [0, 0.05) is 6.04 Å². The van der Waals surface area contributed by atoms with Gasteiger partial charge in [0.1, 0.15) is 6.04 Å². The molecule has 0 spiro atoms. The van der Waals surface area contributed by atoms with Crippen LogP contribution in [-0.4, -0.2) is 23.5 Å². The summed E-state index contributed by atoms with van der Waals surface area (Å²) in [6, 6.07) is 10.3. The molecule has 3 nitrogen and oxygen atoms in total. The van der Waals surface area contributed by atoms with Crippen LogP contribution in [0.2, 0.25) is 0 Å². The van der Waals surface area contributed by atoms with Crippen LogP contribution >= 0.6 is 0 Å². The van der Waals surface area contributed by atoms with E-state index >= 15 is 0 Å². The van der Waals surface area contributed by atoms with Crippen LogP contribution in [0, 0.1) is 5.92 Å². The minimum absolute atomic E-state index is 0.140. The second-order valence-electron chi connectivity index (χ2n) is 5.94. The Labute approximate surface area is 115 Å². The summed E-state index contributed by atoms with van der Waals surface area (Å²) in [7, 11) is 0. The van der Waals surface area contributed by atoms with E-state index < -0.39 is 0 Å². The summed E-state index contributed by atoms with van der Waals surface area (Å²) in [6.45, 7) is 3.00. The van der Waals surface area contributed by atoms with Gasteiger partial charge in [0.05, 0.1) is 6.67 Å². The zero-order chi connectivity index (χ0) is 13.2. The minimum Gasteiger partial charge on any atom is -0.325 e. The molecule has 3 heteroatoms. The summed E-state index contributed by atoms with van der Waals surface area (Å²) in [5, 5.41) is 3.36. The molecule has 0 radical (unpaired) electrons. The molecule has 1 aliphatic carbocycles. The van der Waals surface area contributed by atoms with E-state index in [9.17, 15) is 4.79 Å². The molecular formula is C16H22N2O. The molecular weight excluding hydrogens is 236 g/mol. The summed E-state index contributed by atoms with van der Waals surface area (Å²) in [4.78, 5) is 14.6. The van der Waals surface area contributed by atoms with Crippen LogP contribution in [0.4, 0.5) is 0 Å². The van der Waals surface area contributed by atoms with Crippen molar-refractivity contribution < 1.29 is 4.79 Å². The highest BCUT2D eigenvalue weighted by molar-refractivity contribution is 5.85. The van der Waals surface area contributed by atoms with Gasteiger partial charge in [-0.1, -0.05) is 50.1 Å². The second-order valence-corrected chi connectivity index (χ2v) is 5.94. The van der Waals surface area contributed by atoms with Gasteiger partial charge in [-0.05, 0) is 24.3 Å². The molecule has 19 heavy (non-hydrogen) atoms. The maximum absolute atomic E-state index is 12.6. The molecule has 1 saturated carbocycles. The summed E-state index contributed by atoms with van der Waals surface area (Å²) in [5.74, 6) is 1.01. The van der Waals surface area contributed by atoms with Crippen molar-refractivity contribution in [2.45, 2.75) is 44.7 Å². The van der Waals surface area contributed by atoms with Crippen molar-refractivity contribution in [3.05, 3.63) is 35.9 Å². The monoisotopic (exact) mass is 258 g/mol. The lowest BCUT2D eigenvalue weighted by Gasteiger charge is -2.33. The molecule has 0 bridgehead atoms. The van der Waals surface area contributed by atoms with Gasteiger partial charge in [0.2, 0.25) is 5.91 Å². The fourth-order valence-corrected chi connectivity index (χ4v) is 3.42. The van der Waals surface area contributed by atoms with E-state index in [1.54, 1.807) is 0 Å². The lowest BCUT2D eigenvalue weighted by atomic mass is 9.86. The van der Waals surface area contributed by atoms with Gasteiger partial charge in [0.15, 0.2) is 0 Å². The van der Waals surface area contributed by atoms with Crippen LogP contribution in [0.3, 0.4) is 0 Å². The number of hydrogen-bond donors (Lipinski definition) is 1. The number of amides is 1. The molecule has 1 aromatic carbocycles. The molecule has 1 aliphatic heterocycles. The largest absolute Gasteiger partial charge is 0.325 e. The summed E-state index contributed by atoms with van der Waals surface area (Å²) in [5.41, 5.74) is 1.08. The first-order chi connectivity index (χ1) is 9.25. The normalized spacial score (nSPS) is 31.7. The van der Waals surface area contributed by atoms with E-state index in [-0.39, 0.29) is 11.9 Å². The highest BCUT2D eigenvalue weighted by atomic mass is 16.2. The van der Waals surface area contributed by atoms with Crippen molar-refractivity contribution >= 4 is 5.91 Å². The molecule has 1 aromatic rings. The van der Waals surface area contributed by atoms with E-state index in [4.69, 9.17) is 0 Å². The maximum atomic E-state index is 12.6. The van der Waals surface area contributed by atoms with Crippen molar-refractivity contribution in [3.63, 3.8) is 0 Å². The highest BCUT2D eigenvalue weighted by Gasteiger charge is 2.37. The quantitative estimate of drug-likeness (QED) is 0.884. The average molecular weight is 258 g/mol. The number of carbonyl (C=O) groups excluding carboxylic acids is 1. The standard InChI is InChI=1S/C16H22N2O/c1-12-6-5-9-14(10-12)18-11-17-15(16(18)19)13-7-3-2-4-8-13/h2-4,7-8,12,14-15,17H,5-6,9-11H2,1H3. The molecule has 102 valence electrons. The lowest BCUT2D eigenvalue weighted by Crippen LogP contribution is -2.40. The minimum atomic E-state index is -0.140. The summed E-state index contributed by atoms with van der Waals surface area (Å²) in [6.07, 6.45) is 4.90. The summed E-state index contributed by atoms with van der Waals surface area (Å²) >= 11 is 0. The SMILES string of the molecule is CC1CCCC(N2CNC(c3ccccc3)C2=O)C1. The smallest absolute Gasteiger partial charge is 0.245 e. The number of nitrogens with zero attached hydrogens (tertiary/aromatic N) is 1. The Hall–Kier alpha value is -1.35. The first kappa shape index (κ1) is 12.7. The Morgan fingerprint density at radius 3 is 2.74 bits per heavy atom. The molecule has 3 atom stereocenters. The zero-order valence-corrected chi connectivity index (χ0v) is 11.5. The Balaban J connectivity index is 1.72. The average Bonchev–Trinajstić information content (AvgIpc) is 2.81. The van der Waals surface area contributed by atoms with Gasteiger partial charge in [-0.25, -0.2) is 0 Å². The predicted octanol–water partition coefficient (Wildman–Crippen LogP) is 2.70. The Morgan fingerprint density at radius 2 is 2.00 bits per heavy atom. The predicted molar refractivity (Wildman–Crippen MR) is 75.5 cm³/mol. The van der Waals surface area contributed by atoms with Crippen LogP contribution < -0.4 is 5.32 Å².